The molecule has 0 aliphatic carbocycles. The van der Waals surface area contributed by atoms with Gasteiger partial charge in [0.05, 0.1) is 34.3 Å². The molecule has 0 heterocycles. The van der Waals surface area contributed by atoms with Gasteiger partial charge in [-0.25, -0.2) is 8.42 Å². The highest BCUT2D eigenvalue weighted by Gasteiger charge is 2.23. The number of carbonyl (C=O) groups excluding carboxylic acids is 2. The summed E-state index contributed by atoms with van der Waals surface area (Å²) < 4.78 is 26.3. The molecule has 33 heavy (non-hydrogen) atoms. The molecule has 3 aromatic carbocycles. The van der Waals surface area contributed by atoms with Crippen molar-refractivity contribution >= 4 is 44.8 Å². The van der Waals surface area contributed by atoms with Gasteiger partial charge in [-0.1, -0.05) is 23.7 Å². The minimum Gasteiger partial charge on any atom is -0.324 e. The largest absolute Gasteiger partial charge is 0.324 e. The van der Waals surface area contributed by atoms with Crippen LogP contribution in [0, 0.1) is 11.3 Å². The van der Waals surface area contributed by atoms with Gasteiger partial charge in [0.25, 0.3) is 5.91 Å². The van der Waals surface area contributed by atoms with E-state index in [0.717, 1.165) is 4.31 Å². The fraction of sp³-hybridized carbons (Fsp3) is 0.0870. The number of anilines is 2. The molecule has 0 unspecified atom stereocenters. The molecule has 168 valence electrons. The number of para-hydroxylation sites is 1. The third-order valence-electron chi connectivity index (χ3n) is 4.61. The van der Waals surface area contributed by atoms with Gasteiger partial charge in [-0.05, 0) is 60.7 Å². The molecule has 0 aliphatic heterocycles. The summed E-state index contributed by atoms with van der Waals surface area (Å²) in [6.07, 6.45) is 0. The third kappa shape index (κ3) is 5.96. The average molecular weight is 483 g/mol. The first-order valence-electron chi connectivity index (χ1n) is 9.63. The summed E-state index contributed by atoms with van der Waals surface area (Å²) in [4.78, 5) is 25.2. The van der Waals surface area contributed by atoms with Crippen LogP contribution in [-0.4, -0.2) is 38.1 Å². The Labute approximate surface area is 196 Å². The molecule has 0 saturated heterocycles. The number of hydrogen-bond acceptors (Lipinski definition) is 5. The molecule has 3 rings (SSSR count). The van der Waals surface area contributed by atoms with Crippen molar-refractivity contribution in [1.82, 2.24) is 4.31 Å². The molecule has 0 saturated carbocycles. The first-order valence-corrected chi connectivity index (χ1v) is 11.4. The van der Waals surface area contributed by atoms with E-state index in [9.17, 15) is 18.0 Å². The maximum atomic E-state index is 12.7. The number of amides is 2. The summed E-state index contributed by atoms with van der Waals surface area (Å²) in [6.45, 7) is -0.477. The van der Waals surface area contributed by atoms with Crippen molar-refractivity contribution in [3.8, 4) is 6.07 Å². The van der Waals surface area contributed by atoms with E-state index in [1.165, 1.54) is 37.4 Å². The van der Waals surface area contributed by atoms with Gasteiger partial charge in [0.1, 0.15) is 0 Å². The zero-order valence-corrected chi connectivity index (χ0v) is 19.0. The van der Waals surface area contributed by atoms with E-state index in [4.69, 9.17) is 16.9 Å². The number of nitrogens with one attached hydrogen (secondary N) is 2. The summed E-state index contributed by atoms with van der Waals surface area (Å²) in [5, 5.41) is 14.7. The molecular formula is C23H19ClN4O4S. The smallest absolute Gasteiger partial charge is 0.257 e. The first kappa shape index (κ1) is 23.9. The Morgan fingerprint density at radius 3 is 2.24 bits per heavy atom. The van der Waals surface area contributed by atoms with Crippen molar-refractivity contribution in [3.05, 3.63) is 88.9 Å². The highest BCUT2D eigenvalue weighted by Crippen LogP contribution is 2.20. The SMILES string of the molecule is CN(CC(=O)Nc1ccccc1C(=O)Nc1ccc(Cl)cc1)S(=O)(=O)c1ccc(C#N)cc1. The standard InChI is InChI=1S/C23H19ClN4O4S/c1-28(33(31,32)19-12-6-16(14-25)7-13-19)15-22(29)27-21-5-3-2-4-20(21)23(30)26-18-10-8-17(24)9-11-18/h2-13H,15H2,1H3,(H,26,30)(H,27,29). The van der Waals surface area contributed by atoms with E-state index >= 15 is 0 Å². The molecule has 10 heteroatoms. The zero-order valence-electron chi connectivity index (χ0n) is 17.4. The lowest BCUT2D eigenvalue weighted by Gasteiger charge is -2.18. The second-order valence-corrected chi connectivity index (χ2v) is 9.43. The normalized spacial score (nSPS) is 11.0. The van der Waals surface area contributed by atoms with Crippen LogP contribution in [-0.2, 0) is 14.8 Å². The van der Waals surface area contributed by atoms with Gasteiger partial charge in [-0.15, -0.1) is 0 Å². The van der Waals surface area contributed by atoms with Crippen LogP contribution in [0.1, 0.15) is 15.9 Å². The molecule has 0 spiro atoms. The minimum atomic E-state index is -3.95. The maximum absolute atomic E-state index is 12.7. The molecular weight excluding hydrogens is 464 g/mol. The second-order valence-electron chi connectivity index (χ2n) is 6.95. The first-order chi connectivity index (χ1) is 15.7. The van der Waals surface area contributed by atoms with E-state index in [-0.39, 0.29) is 16.1 Å². The Hall–Kier alpha value is -3.71. The van der Waals surface area contributed by atoms with Crippen molar-refractivity contribution in [2.75, 3.05) is 24.2 Å². The number of nitriles is 1. The number of hydrogen-bond donors (Lipinski definition) is 2. The Bertz CT molecular complexity index is 1320. The molecule has 2 amide bonds. The Morgan fingerprint density at radius 1 is 0.970 bits per heavy atom. The molecule has 0 aliphatic rings. The molecule has 0 atom stereocenters. The van der Waals surface area contributed by atoms with Crippen molar-refractivity contribution in [2.45, 2.75) is 4.90 Å². The zero-order chi connectivity index (χ0) is 24.0. The lowest BCUT2D eigenvalue weighted by atomic mass is 10.1. The van der Waals surface area contributed by atoms with Crippen LogP contribution in [0.4, 0.5) is 11.4 Å². The van der Waals surface area contributed by atoms with Crippen molar-refractivity contribution < 1.29 is 18.0 Å². The Morgan fingerprint density at radius 2 is 1.61 bits per heavy atom. The number of halogens is 1. The van der Waals surface area contributed by atoms with Crippen LogP contribution >= 0.6 is 11.6 Å². The van der Waals surface area contributed by atoms with Crippen LogP contribution < -0.4 is 10.6 Å². The topological polar surface area (TPSA) is 119 Å². The van der Waals surface area contributed by atoms with Crippen LogP contribution in [0.25, 0.3) is 0 Å². The van der Waals surface area contributed by atoms with Crippen molar-refractivity contribution in [3.63, 3.8) is 0 Å². The predicted molar refractivity (Wildman–Crippen MR) is 125 cm³/mol. The van der Waals surface area contributed by atoms with Crippen LogP contribution in [0.5, 0.6) is 0 Å². The number of rotatable bonds is 7. The van der Waals surface area contributed by atoms with E-state index in [1.54, 1.807) is 42.5 Å². The molecule has 8 nitrogen and oxygen atoms in total. The number of sulfonamides is 1. The summed E-state index contributed by atoms with van der Waals surface area (Å²) in [6, 6.07) is 20.2. The highest BCUT2D eigenvalue weighted by atomic mass is 35.5. The summed E-state index contributed by atoms with van der Waals surface area (Å²) in [5.74, 6) is -1.08. The second kappa shape index (κ2) is 10.3. The summed E-state index contributed by atoms with van der Waals surface area (Å²) >= 11 is 5.85. The van der Waals surface area contributed by atoms with Gasteiger partial charge in [-0.2, -0.15) is 9.57 Å². The lowest BCUT2D eigenvalue weighted by Crippen LogP contribution is -2.35. The van der Waals surface area contributed by atoms with Gasteiger partial charge in [0, 0.05) is 17.8 Å². The van der Waals surface area contributed by atoms with Crippen molar-refractivity contribution in [2.24, 2.45) is 0 Å². The van der Waals surface area contributed by atoms with E-state index < -0.39 is 28.4 Å². The summed E-state index contributed by atoms with van der Waals surface area (Å²) in [7, 11) is -2.68. The van der Waals surface area contributed by atoms with Crippen LogP contribution in [0.3, 0.4) is 0 Å². The fourth-order valence-electron chi connectivity index (χ4n) is 2.88. The van der Waals surface area contributed by atoms with Crippen LogP contribution in [0.15, 0.2) is 77.7 Å². The van der Waals surface area contributed by atoms with E-state index in [1.807, 2.05) is 6.07 Å². The highest BCUT2D eigenvalue weighted by molar-refractivity contribution is 7.89. The number of likely N-dealkylation sites (N-methyl/N-ethyl adjacent to an activating group) is 1. The monoisotopic (exact) mass is 482 g/mol. The van der Waals surface area contributed by atoms with Crippen molar-refractivity contribution in [1.29, 1.82) is 5.26 Å². The number of nitrogens with zero attached hydrogens (tertiary/aromatic N) is 2. The van der Waals surface area contributed by atoms with E-state index in [0.29, 0.717) is 16.3 Å². The maximum Gasteiger partial charge on any atom is 0.257 e. The Balaban J connectivity index is 1.70. The minimum absolute atomic E-state index is 0.0421. The molecule has 0 aromatic heterocycles. The van der Waals surface area contributed by atoms with E-state index in [2.05, 4.69) is 10.6 Å². The Kier molecular flexibility index (Phi) is 7.45. The number of carbonyl (C=O) groups is 2. The molecule has 0 fully saturated rings. The van der Waals surface area contributed by atoms with Gasteiger partial charge in [0.15, 0.2) is 0 Å². The van der Waals surface area contributed by atoms with Crippen LogP contribution in [0.2, 0.25) is 5.02 Å². The summed E-state index contributed by atoms with van der Waals surface area (Å²) in [5.41, 5.74) is 1.29. The van der Waals surface area contributed by atoms with Gasteiger partial charge >= 0.3 is 0 Å². The molecule has 2 N–H and O–H groups in total. The van der Waals surface area contributed by atoms with Gasteiger partial charge in [-0.3, -0.25) is 9.59 Å². The number of benzene rings is 3. The molecule has 0 bridgehead atoms. The predicted octanol–water partition coefficient (Wildman–Crippen LogP) is 3.72. The average Bonchev–Trinajstić information content (AvgIpc) is 2.80. The van der Waals surface area contributed by atoms with Gasteiger partial charge in [0.2, 0.25) is 15.9 Å². The third-order valence-corrected chi connectivity index (χ3v) is 6.68. The quantitative estimate of drug-likeness (QED) is 0.531. The molecule has 3 aromatic rings. The van der Waals surface area contributed by atoms with Gasteiger partial charge < -0.3 is 10.6 Å². The fourth-order valence-corrected chi connectivity index (χ4v) is 4.13. The lowest BCUT2D eigenvalue weighted by molar-refractivity contribution is -0.116. The molecule has 0 radical (unpaired) electrons.